The van der Waals surface area contributed by atoms with Crippen LogP contribution < -0.4 is 5.32 Å². The normalized spacial score (nSPS) is 10.6. The zero-order chi connectivity index (χ0) is 16.4. The third kappa shape index (κ3) is 3.43. The first-order valence-corrected chi connectivity index (χ1v) is 7.70. The number of nitrogens with zero attached hydrogens (tertiary/aromatic N) is 1. The average Bonchev–Trinajstić information content (AvgIpc) is 2.94. The van der Waals surface area contributed by atoms with E-state index in [0.717, 1.165) is 28.4 Å². The Kier molecular flexibility index (Phi) is 4.16. The molecule has 1 aromatic heterocycles. The molecule has 1 N–H and O–H groups in total. The lowest BCUT2D eigenvalue weighted by molar-refractivity contribution is 0.102. The van der Waals surface area contributed by atoms with Crippen LogP contribution in [0.3, 0.4) is 0 Å². The van der Waals surface area contributed by atoms with Crippen LogP contribution in [0.1, 0.15) is 15.4 Å². The van der Waals surface area contributed by atoms with Gasteiger partial charge in [-0.25, -0.2) is 13.8 Å². The lowest BCUT2D eigenvalue weighted by Gasteiger charge is -2.07. The number of carbonyl (C=O) groups excluding carboxylic acids is 1. The minimum atomic E-state index is -0.895. The molecule has 0 atom stereocenters. The Labute approximate surface area is 135 Å². The molecule has 3 aromatic rings. The molecule has 0 aliphatic rings. The minimum absolute atomic E-state index is 0.207. The molecule has 0 saturated heterocycles. The van der Waals surface area contributed by atoms with Gasteiger partial charge in [-0.05, 0) is 31.2 Å². The predicted octanol–water partition coefficient (Wildman–Crippen LogP) is 4.65. The Balaban J connectivity index is 1.84. The summed E-state index contributed by atoms with van der Waals surface area (Å²) in [6, 6.07) is 9.96. The van der Waals surface area contributed by atoms with Crippen molar-refractivity contribution in [3.05, 3.63) is 70.1 Å². The van der Waals surface area contributed by atoms with E-state index in [2.05, 4.69) is 10.3 Å². The molecule has 1 amide bonds. The fourth-order valence-electron chi connectivity index (χ4n) is 2.12. The van der Waals surface area contributed by atoms with Crippen molar-refractivity contribution in [1.82, 2.24) is 4.98 Å². The molecule has 3 nitrogen and oxygen atoms in total. The van der Waals surface area contributed by atoms with E-state index in [1.165, 1.54) is 11.3 Å². The van der Waals surface area contributed by atoms with Gasteiger partial charge in [-0.15, -0.1) is 11.3 Å². The summed E-state index contributed by atoms with van der Waals surface area (Å²) in [6.07, 6.45) is 0. The van der Waals surface area contributed by atoms with Gasteiger partial charge in [-0.3, -0.25) is 4.79 Å². The quantitative estimate of drug-likeness (QED) is 0.759. The van der Waals surface area contributed by atoms with E-state index in [1.54, 1.807) is 18.2 Å². The Bertz CT molecular complexity index is 877. The van der Waals surface area contributed by atoms with Crippen LogP contribution >= 0.6 is 11.3 Å². The second-order valence-corrected chi connectivity index (χ2v) is 5.97. The van der Waals surface area contributed by atoms with Crippen molar-refractivity contribution >= 4 is 22.9 Å². The van der Waals surface area contributed by atoms with Gasteiger partial charge in [-0.2, -0.15) is 0 Å². The topological polar surface area (TPSA) is 42.0 Å². The van der Waals surface area contributed by atoms with E-state index in [9.17, 15) is 13.6 Å². The summed E-state index contributed by atoms with van der Waals surface area (Å²) in [5.41, 5.74) is 1.98. The molecule has 116 valence electrons. The average molecular weight is 330 g/mol. The van der Waals surface area contributed by atoms with Gasteiger partial charge in [0.2, 0.25) is 0 Å². The minimum Gasteiger partial charge on any atom is -0.322 e. The number of thiazole rings is 1. The standard InChI is InChI=1S/C17H12F2N2OS/c1-10-20-16(9-23-10)11-3-2-4-13(7-11)21-17(22)14-6-5-12(18)8-15(14)19/h2-9H,1H3,(H,21,22). The number of anilines is 1. The molecular formula is C17H12F2N2OS. The zero-order valence-electron chi connectivity index (χ0n) is 12.1. The number of aromatic nitrogens is 1. The number of rotatable bonds is 3. The fourth-order valence-corrected chi connectivity index (χ4v) is 2.75. The van der Waals surface area contributed by atoms with Gasteiger partial charge in [-0.1, -0.05) is 12.1 Å². The predicted molar refractivity (Wildman–Crippen MR) is 86.6 cm³/mol. The van der Waals surface area contributed by atoms with E-state index in [0.29, 0.717) is 11.8 Å². The Morgan fingerprint density at radius 1 is 1.17 bits per heavy atom. The summed E-state index contributed by atoms with van der Waals surface area (Å²) in [5, 5.41) is 5.48. The Hall–Kier alpha value is -2.60. The zero-order valence-corrected chi connectivity index (χ0v) is 13.0. The summed E-state index contributed by atoms with van der Waals surface area (Å²) in [4.78, 5) is 16.5. The van der Waals surface area contributed by atoms with Crippen molar-refractivity contribution in [2.75, 3.05) is 5.32 Å². The lowest BCUT2D eigenvalue weighted by atomic mass is 10.1. The van der Waals surface area contributed by atoms with Gasteiger partial charge in [0.15, 0.2) is 0 Å². The number of hydrogen-bond acceptors (Lipinski definition) is 3. The van der Waals surface area contributed by atoms with E-state index < -0.39 is 17.5 Å². The van der Waals surface area contributed by atoms with Crippen molar-refractivity contribution in [3.63, 3.8) is 0 Å². The number of amides is 1. The van der Waals surface area contributed by atoms with Crippen molar-refractivity contribution in [3.8, 4) is 11.3 Å². The summed E-state index contributed by atoms with van der Waals surface area (Å²) in [7, 11) is 0. The molecule has 0 fully saturated rings. The molecular weight excluding hydrogens is 318 g/mol. The molecule has 0 saturated carbocycles. The maximum atomic E-state index is 13.6. The van der Waals surface area contributed by atoms with Gasteiger partial charge >= 0.3 is 0 Å². The van der Waals surface area contributed by atoms with Gasteiger partial charge < -0.3 is 5.32 Å². The van der Waals surface area contributed by atoms with Crippen LogP contribution in [0.2, 0.25) is 0 Å². The first-order valence-electron chi connectivity index (χ1n) is 6.82. The van der Waals surface area contributed by atoms with Crippen molar-refractivity contribution < 1.29 is 13.6 Å². The van der Waals surface area contributed by atoms with E-state index in [1.807, 2.05) is 18.4 Å². The fraction of sp³-hybridized carbons (Fsp3) is 0.0588. The summed E-state index contributed by atoms with van der Waals surface area (Å²) >= 11 is 1.54. The van der Waals surface area contributed by atoms with Crippen LogP contribution in [0.15, 0.2) is 47.8 Å². The van der Waals surface area contributed by atoms with Crippen molar-refractivity contribution in [2.45, 2.75) is 6.92 Å². The second kappa shape index (κ2) is 6.26. The van der Waals surface area contributed by atoms with Crippen LogP contribution in [-0.2, 0) is 0 Å². The third-order valence-electron chi connectivity index (χ3n) is 3.21. The third-order valence-corrected chi connectivity index (χ3v) is 3.98. The maximum Gasteiger partial charge on any atom is 0.258 e. The molecule has 0 spiro atoms. The van der Waals surface area contributed by atoms with Gasteiger partial charge in [0, 0.05) is 22.7 Å². The highest BCUT2D eigenvalue weighted by Gasteiger charge is 2.13. The molecule has 6 heteroatoms. The van der Waals surface area contributed by atoms with Crippen LogP contribution in [-0.4, -0.2) is 10.9 Å². The number of carbonyl (C=O) groups is 1. The van der Waals surface area contributed by atoms with E-state index in [-0.39, 0.29) is 5.56 Å². The SMILES string of the molecule is Cc1nc(-c2cccc(NC(=O)c3ccc(F)cc3F)c2)cs1. The molecule has 3 rings (SSSR count). The van der Waals surface area contributed by atoms with Gasteiger partial charge in [0.1, 0.15) is 11.6 Å². The lowest BCUT2D eigenvalue weighted by Crippen LogP contribution is -2.13. The van der Waals surface area contributed by atoms with Crippen LogP contribution in [0, 0.1) is 18.6 Å². The van der Waals surface area contributed by atoms with Crippen LogP contribution in [0.4, 0.5) is 14.5 Å². The number of benzene rings is 2. The molecule has 1 heterocycles. The molecule has 0 aliphatic carbocycles. The molecule has 0 bridgehead atoms. The van der Waals surface area contributed by atoms with Crippen LogP contribution in [0.25, 0.3) is 11.3 Å². The smallest absolute Gasteiger partial charge is 0.258 e. The van der Waals surface area contributed by atoms with E-state index >= 15 is 0 Å². The van der Waals surface area contributed by atoms with Gasteiger partial charge in [0.05, 0.1) is 16.3 Å². The molecule has 0 radical (unpaired) electrons. The first-order chi connectivity index (χ1) is 11.0. The molecule has 0 aliphatic heterocycles. The van der Waals surface area contributed by atoms with Gasteiger partial charge in [0.25, 0.3) is 5.91 Å². The number of halogens is 2. The van der Waals surface area contributed by atoms with Crippen LogP contribution in [0.5, 0.6) is 0 Å². The highest BCUT2D eigenvalue weighted by molar-refractivity contribution is 7.09. The molecule has 23 heavy (non-hydrogen) atoms. The second-order valence-electron chi connectivity index (χ2n) is 4.91. The van der Waals surface area contributed by atoms with Crippen molar-refractivity contribution in [2.24, 2.45) is 0 Å². The number of aryl methyl sites for hydroxylation is 1. The number of hydrogen-bond donors (Lipinski definition) is 1. The van der Waals surface area contributed by atoms with Crippen molar-refractivity contribution in [1.29, 1.82) is 0 Å². The summed E-state index contributed by atoms with van der Waals surface area (Å²) in [5.74, 6) is -2.25. The maximum absolute atomic E-state index is 13.6. The molecule has 0 unspecified atom stereocenters. The highest BCUT2D eigenvalue weighted by Crippen LogP contribution is 2.24. The Morgan fingerprint density at radius 3 is 2.70 bits per heavy atom. The summed E-state index contributed by atoms with van der Waals surface area (Å²) in [6.45, 7) is 1.91. The monoisotopic (exact) mass is 330 g/mol. The number of nitrogens with one attached hydrogen (secondary N) is 1. The largest absolute Gasteiger partial charge is 0.322 e. The Morgan fingerprint density at radius 2 is 2.00 bits per heavy atom. The first kappa shape index (κ1) is 15.3. The highest BCUT2D eigenvalue weighted by atomic mass is 32.1. The summed E-state index contributed by atoms with van der Waals surface area (Å²) < 4.78 is 26.5. The molecule has 2 aromatic carbocycles. The van der Waals surface area contributed by atoms with E-state index in [4.69, 9.17) is 0 Å².